The number of nitrogens with two attached hydrogens (primary N) is 1. The Balaban J connectivity index is 2.11. The van der Waals surface area contributed by atoms with Crippen molar-refractivity contribution < 1.29 is 39.6 Å². The fourth-order valence-corrected chi connectivity index (χ4v) is 3.32. The number of rotatable bonds is 12. The van der Waals surface area contributed by atoms with Crippen LogP contribution in [-0.2, 0) is 25.6 Å². The Hall–Kier alpha value is -3.52. The zero-order chi connectivity index (χ0) is 26.3. The monoisotopic (exact) mass is 493 g/mol. The van der Waals surface area contributed by atoms with Gasteiger partial charge in [-0.25, -0.2) is 4.79 Å². The summed E-state index contributed by atoms with van der Waals surface area (Å²) in [6.07, 6.45) is -1.11. The van der Waals surface area contributed by atoms with Gasteiger partial charge in [0.2, 0.25) is 17.7 Å². The lowest BCUT2D eigenvalue weighted by Crippen LogP contribution is -2.61. The number of carbonyl (C=O) groups excluding carboxylic acids is 3. The number of hydrogen-bond acceptors (Lipinski definition) is 8. The Morgan fingerprint density at radius 3 is 2.14 bits per heavy atom. The van der Waals surface area contributed by atoms with Crippen LogP contribution in [0.3, 0.4) is 0 Å². The van der Waals surface area contributed by atoms with E-state index in [1.807, 2.05) is 12.1 Å². The Morgan fingerprint density at radius 2 is 1.57 bits per heavy atom. The number of aliphatic carboxylic acids is 1. The van der Waals surface area contributed by atoms with Crippen molar-refractivity contribution in [2.75, 3.05) is 6.61 Å². The van der Waals surface area contributed by atoms with Gasteiger partial charge in [0.25, 0.3) is 0 Å². The van der Waals surface area contributed by atoms with E-state index in [4.69, 9.17) is 5.73 Å². The van der Waals surface area contributed by atoms with E-state index in [1.54, 1.807) is 18.3 Å². The lowest BCUT2D eigenvalue weighted by atomic mass is 10.0. The maximum Gasteiger partial charge on any atom is 0.326 e. The highest BCUT2D eigenvalue weighted by Gasteiger charge is 2.33. The van der Waals surface area contributed by atoms with Gasteiger partial charge in [-0.3, -0.25) is 14.4 Å². The van der Waals surface area contributed by atoms with E-state index in [9.17, 15) is 39.6 Å². The number of aromatic amines is 1. The minimum absolute atomic E-state index is 0.0713. The van der Waals surface area contributed by atoms with Crippen LogP contribution in [0.2, 0.25) is 0 Å². The molecular formula is C22H31N5O8. The molecule has 1 heterocycles. The molecule has 35 heavy (non-hydrogen) atoms. The van der Waals surface area contributed by atoms with Crippen LogP contribution in [0.5, 0.6) is 0 Å². The van der Waals surface area contributed by atoms with Crippen molar-refractivity contribution in [3.63, 3.8) is 0 Å². The topological polar surface area (TPSA) is 227 Å². The fourth-order valence-electron chi connectivity index (χ4n) is 3.32. The van der Waals surface area contributed by atoms with E-state index >= 15 is 0 Å². The molecule has 0 aliphatic carbocycles. The van der Waals surface area contributed by atoms with Gasteiger partial charge in [-0.1, -0.05) is 18.2 Å². The average Bonchev–Trinajstić information content (AvgIpc) is 3.21. The second kappa shape index (κ2) is 12.3. The number of amides is 3. The molecule has 0 saturated carbocycles. The maximum absolute atomic E-state index is 12.8. The number of nitrogens with one attached hydrogen (secondary N) is 4. The summed E-state index contributed by atoms with van der Waals surface area (Å²) in [5.74, 6) is -4.25. The Morgan fingerprint density at radius 1 is 0.943 bits per heavy atom. The fraction of sp³-hybridized carbons (Fsp3) is 0.455. The Bertz CT molecular complexity index is 1050. The van der Waals surface area contributed by atoms with Crippen LogP contribution in [0, 0.1) is 0 Å². The van der Waals surface area contributed by atoms with Crippen molar-refractivity contribution in [2.45, 2.75) is 56.6 Å². The second-order valence-electron chi connectivity index (χ2n) is 8.20. The van der Waals surface area contributed by atoms with Gasteiger partial charge >= 0.3 is 5.97 Å². The molecule has 0 aliphatic heterocycles. The molecule has 2 aromatic rings. The van der Waals surface area contributed by atoms with Gasteiger partial charge in [-0.2, -0.15) is 0 Å². The zero-order valence-corrected chi connectivity index (χ0v) is 19.3. The predicted molar refractivity (Wildman–Crippen MR) is 124 cm³/mol. The third kappa shape index (κ3) is 7.23. The van der Waals surface area contributed by atoms with E-state index in [0.717, 1.165) is 10.9 Å². The van der Waals surface area contributed by atoms with Crippen LogP contribution >= 0.6 is 0 Å². The van der Waals surface area contributed by atoms with Gasteiger partial charge in [-0.15, -0.1) is 0 Å². The molecule has 6 atom stereocenters. The van der Waals surface area contributed by atoms with Crippen LogP contribution in [0.1, 0.15) is 19.4 Å². The first-order valence-corrected chi connectivity index (χ1v) is 10.9. The van der Waals surface area contributed by atoms with E-state index in [0.29, 0.717) is 5.56 Å². The third-order valence-electron chi connectivity index (χ3n) is 5.41. The Kier molecular flexibility index (Phi) is 9.71. The summed E-state index contributed by atoms with van der Waals surface area (Å²) in [6, 6.07) is 1.34. The molecule has 192 valence electrons. The number of carbonyl (C=O) groups is 4. The molecule has 1 aromatic heterocycles. The van der Waals surface area contributed by atoms with Gasteiger partial charge < -0.3 is 47.1 Å². The number of carboxylic acid groups (broad SMARTS) is 1. The van der Waals surface area contributed by atoms with E-state index < -0.39 is 66.7 Å². The summed E-state index contributed by atoms with van der Waals surface area (Å²) in [7, 11) is 0. The normalized spacial score (nSPS) is 16.4. The Labute approximate surface area is 200 Å². The van der Waals surface area contributed by atoms with Crippen LogP contribution < -0.4 is 21.7 Å². The number of hydrogen-bond donors (Lipinski definition) is 9. The van der Waals surface area contributed by atoms with Gasteiger partial charge in [0.05, 0.1) is 18.8 Å². The van der Waals surface area contributed by atoms with Crippen molar-refractivity contribution in [1.82, 2.24) is 20.9 Å². The van der Waals surface area contributed by atoms with Crippen molar-refractivity contribution in [2.24, 2.45) is 5.73 Å². The SMILES string of the molecule is CC(O)C(N)C(=O)NC(CO)C(=O)NC(C(=O)NC(Cc1c[nH]c2ccccc12)C(=O)O)C(C)O. The number of aliphatic hydroxyl groups is 3. The summed E-state index contributed by atoms with van der Waals surface area (Å²) in [6.45, 7) is 1.60. The summed E-state index contributed by atoms with van der Waals surface area (Å²) in [4.78, 5) is 52.2. The van der Waals surface area contributed by atoms with Crippen LogP contribution in [0.4, 0.5) is 0 Å². The lowest BCUT2D eigenvalue weighted by Gasteiger charge is -2.26. The quantitative estimate of drug-likeness (QED) is 0.150. The van der Waals surface area contributed by atoms with E-state index in [1.165, 1.54) is 13.8 Å². The number of H-pyrrole nitrogens is 1. The number of benzene rings is 1. The first kappa shape index (κ1) is 27.7. The molecule has 1 aromatic carbocycles. The van der Waals surface area contributed by atoms with Gasteiger partial charge in [0.1, 0.15) is 24.2 Å². The number of aliphatic hydroxyl groups excluding tert-OH is 3. The molecule has 0 bridgehead atoms. The highest BCUT2D eigenvalue weighted by molar-refractivity contribution is 5.94. The predicted octanol–water partition coefficient (Wildman–Crippen LogP) is -2.67. The standard InChI is InChI=1S/C22H31N5O8/c1-10(29)17(23)20(32)26-16(9-28)19(31)27-18(11(2)30)21(33)25-15(22(34)35)7-12-8-24-14-6-4-3-5-13(12)14/h3-6,8,10-11,15-18,24,28-30H,7,9,23H2,1-2H3,(H,25,33)(H,26,32)(H,27,31)(H,34,35). The molecule has 0 saturated heterocycles. The minimum atomic E-state index is -1.59. The van der Waals surface area contributed by atoms with Crippen molar-refractivity contribution in [3.05, 3.63) is 36.0 Å². The van der Waals surface area contributed by atoms with Crippen LogP contribution in [0.25, 0.3) is 10.9 Å². The highest BCUT2D eigenvalue weighted by atomic mass is 16.4. The van der Waals surface area contributed by atoms with Gasteiger partial charge in [0, 0.05) is 23.5 Å². The molecular weight excluding hydrogens is 462 g/mol. The maximum atomic E-state index is 12.8. The van der Waals surface area contributed by atoms with Gasteiger partial charge in [-0.05, 0) is 25.5 Å². The molecule has 13 heteroatoms. The van der Waals surface area contributed by atoms with E-state index in [-0.39, 0.29) is 6.42 Å². The summed E-state index contributed by atoms with van der Waals surface area (Å²) in [5, 5.41) is 46.0. The van der Waals surface area contributed by atoms with Crippen molar-refractivity contribution in [3.8, 4) is 0 Å². The smallest absolute Gasteiger partial charge is 0.326 e. The number of fused-ring (bicyclic) bond motifs is 1. The second-order valence-corrected chi connectivity index (χ2v) is 8.20. The summed E-state index contributed by atoms with van der Waals surface area (Å²) in [5.41, 5.74) is 6.93. The molecule has 0 spiro atoms. The molecule has 6 unspecified atom stereocenters. The molecule has 3 amide bonds. The molecule has 0 aliphatic rings. The molecule has 10 N–H and O–H groups in total. The highest BCUT2D eigenvalue weighted by Crippen LogP contribution is 2.19. The van der Waals surface area contributed by atoms with E-state index in [2.05, 4.69) is 20.9 Å². The number of aromatic nitrogens is 1. The van der Waals surface area contributed by atoms with Crippen LogP contribution in [-0.4, -0.2) is 92.1 Å². The molecule has 0 fully saturated rings. The number of para-hydroxylation sites is 1. The minimum Gasteiger partial charge on any atom is -0.480 e. The first-order valence-electron chi connectivity index (χ1n) is 10.9. The van der Waals surface area contributed by atoms with Crippen LogP contribution in [0.15, 0.2) is 30.5 Å². The van der Waals surface area contributed by atoms with Crippen molar-refractivity contribution >= 4 is 34.6 Å². The average molecular weight is 494 g/mol. The third-order valence-corrected chi connectivity index (χ3v) is 5.41. The molecule has 2 rings (SSSR count). The van der Waals surface area contributed by atoms with Crippen molar-refractivity contribution in [1.29, 1.82) is 0 Å². The zero-order valence-electron chi connectivity index (χ0n) is 19.3. The van der Waals surface area contributed by atoms with Gasteiger partial charge in [0.15, 0.2) is 0 Å². The molecule has 13 nitrogen and oxygen atoms in total. The number of carboxylic acids is 1. The first-order chi connectivity index (χ1) is 16.5. The largest absolute Gasteiger partial charge is 0.480 e. The lowest BCUT2D eigenvalue weighted by molar-refractivity contribution is -0.143. The summed E-state index contributed by atoms with van der Waals surface area (Å²) < 4.78 is 0. The molecule has 0 radical (unpaired) electrons. The summed E-state index contributed by atoms with van der Waals surface area (Å²) >= 11 is 0.